The fourth-order valence-electron chi connectivity index (χ4n) is 3.43. The van der Waals surface area contributed by atoms with Gasteiger partial charge in [-0.1, -0.05) is 18.2 Å². The van der Waals surface area contributed by atoms with Crippen molar-refractivity contribution in [2.45, 2.75) is 19.3 Å². The van der Waals surface area contributed by atoms with Crippen LogP contribution in [0.15, 0.2) is 29.3 Å². The lowest BCUT2D eigenvalue weighted by Crippen LogP contribution is -2.42. The van der Waals surface area contributed by atoms with Crippen molar-refractivity contribution in [3.63, 3.8) is 0 Å². The number of likely N-dealkylation sites (tertiary alicyclic amines) is 1. The molecule has 2 aliphatic heterocycles. The largest absolute Gasteiger partial charge is 0.381 e. The van der Waals surface area contributed by atoms with Crippen LogP contribution in [0.3, 0.4) is 0 Å². The summed E-state index contributed by atoms with van der Waals surface area (Å²) in [5, 5.41) is 3.36. The third-order valence-electron chi connectivity index (χ3n) is 4.77. The lowest BCUT2D eigenvalue weighted by molar-refractivity contribution is 0.156. The molecule has 1 aromatic carbocycles. The molecule has 4 nitrogen and oxygen atoms in total. The minimum Gasteiger partial charge on any atom is -0.381 e. The molecule has 0 aromatic heterocycles. The van der Waals surface area contributed by atoms with E-state index in [9.17, 15) is 4.39 Å². The van der Waals surface area contributed by atoms with Crippen LogP contribution in [-0.2, 0) is 11.2 Å². The van der Waals surface area contributed by atoms with E-state index in [4.69, 9.17) is 4.74 Å². The Morgan fingerprint density at radius 3 is 2.91 bits per heavy atom. The van der Waals surface area contributed by atoms with E-state index < -0.39 is 0 Å². The number of halogens is 2. The summed E-state index contributed by atoms with van der Waals surface area (Å²) >= 11 is 0. The summed E-state index contributed by atoms with van der Waals surface area (Å²) in [6.07, 6.45) is 2.98. The van der Waals surface area contributed by atoms with E-state index in [1.807, 2.05) is 19.2 Å². The predicted molar refractivity (Wildman–Crippen MR) is 101 cm³/mol. The number of hydrogen-bond acceptors (Lipinski definition) is 2. The zero-order valence-corrected chi connectivity index (χ0v) is 15.9. The van der Waals surface area contributed by atoms with Crippen LogP contribution in [0.4, 0.5) is 4.39 Å². The lowest BCUT2D eigenvalue weighted by Gasteiger charge is -2.25. The van der Waals surface area contributed by atoms with Gasteiger partial charge in [0.15, 0.2) is 5.96 Å². The maximum absolute atomic E-state index is 13.6. The van der Waals surface area contributed by atoms with Gasteiger partial charge in [0.1, 0.15) is 5.82 Å². The van der Waals surface area contributed by atoms with Gasteiger partial charge >= 0.3 is 0 Å². The second-order valence-corrected chi connectivity index (χ2v) is 6.29. The molecule has 23 heavy (non-hydrogen) atoms. The number of benzene rings is 1. The molecule has 2 heterocycles. The Morgan fingerprint density at radius 2 is 2.22 bits per heavy atom. The molecule has 3 rings (SSSR count). The number of hydrogen-bond donors (Lipinski definition) is 1. The van der Waals surface area contributed by atoms with Crippen LogP contribution >= 0.6 is 24.0 Å². The molecule has 0 aliphatic carbocycles. The van der Waals surface area contributed by atoms with E-state index in [0.29, 0.717) is 18.4 Å². The van der Waals surface area contributed by atoms with Crippen molar-refractivity contribution in [2.75, 3.05) is 39.9 Å². The van der Waals surface area contributed by atoms with Gasteiger partial charge in [0.25, 0.3) is 0 Å². The van der Waals surface area contributed by atoms with Crippen LogP contribution in [0, 0.1) is 11.2 Å². The van der Waals surface area contributed by atoms with Gasteiger partial charge in [-0.3, -0.25) is 4.99 Å². The molecule has 0 amide bonds. The standard InChI is InChI=1S/C17H24FN3O.HI/c1-19-16(20-9-6-14-4-2-3-5-15(14)18)21-10-7-17(12-21)8-11-22-13-17;/h2-5H,6-13H2,1H3,(H,19,20);1H. The topological polar surface area (TPSA) is 36.9 Å². The Labute approximate surface area is 154 Å². The van der Waals surface area contributed by atoms with Crippen LogP contribution in [-0.4, -0.2) is 50.8 Å². The number of guanidine groups is 1. The van der Waals surface area contributed by atoms with Gasteiger partial charge in [-0.15, -0.1) is 24.0 Å². The Bertz CT molecular complexity index is 546. The first-order valence-corrected chi connectivity index (χ1v) is 7.99. The van der Waals surface area contributed by atoms with Crippen molar-refractivity contribution < 1.29 is 9.13 Å². The molecule has 1 spiro atoms. The van der Waals surface area contributed by atoms with Crippen LogP contribution in [0.25, 0.3) is 0 Å². The zero-order valence-electron chi connectivity index (χ0n) is 13.6. The highest BCUT2D eigenvalue weighted by molar-refractivity contribution is 14.0. The molecular formula is C17H25FIN3O. The minimum absolute atomic E-state index is 0. The van der Waals surface area contributed by atoms with Gasteiger partial charge in [-0.2, -0.15) is 0 Å². The van der Waals surface area contributed by atoms with E-state index in [1.54, 1.807) is 6.07 Å². The minimum atomic E-state index is -0.137. The highest BCUT2D eigenvalue weighted by atomic mass is 127. The first-order valence-electron chi connectivity index (χ1n) is 7.99. The molecular weight excluding hydrogens is 408 g/mol. The molecule has 2 aliphatic rings. The fourth-order valence-corrected chi connectivity index (χ4v) is 3.43. The Morgan fingerprint density at radius 1 is 1.39 bits per heavy atom. The van der Waals surface area contributed by atoms with Gasteiger partial charge in [0.05, 0.1) is 6.61 Å². The summed E-state index contributed by atoms with van der Waals surface area (Å²) < 4.78 is 19.2. The highest BCUT2D eigenvalue weighted by Crippen LogP contribution is 2.38. The molecule has 2 saturated heterocycles. The van der Waals surface area contributed by atoms with Crippen molar-refractivity contribution in [3.8, 4) is 0 Å². The quantitative estimate of drug-likeness (QED) is 0.453. The maximum atomic E-state index is 13.6. The van der Waals surface area contributed by atoms with Crippen LogP contribution < -0.4 is 5.32 Å². The third-order valence-corrected chi connectivity index (χ3v) is 4.77. The van der Waals surface area contributed by atoms with E-state index in [1.165, 1.54) is 12.5 Å². The van der Waals surface area contributed by atoms with Crippen molar-refractivity contribution in [1.29, 1.82) is 0 Å². The van der Waals surface area contributed by atoms with E-state index in [2.05, 4.69) is 15.2 Å². The van der Waals surface area contributed by atoms with E-state index in [-0.39, 0.29) is 29.8 Å². The Balaban J connectivity index is 0.00000192. The summed E-state index contributed by atoms with van der Waals surface area (Å²) in [6, 6.07) is 6.94. The molecule has 6 heteroatoms. The Kier molecular flexibility index (Phi) is 6.64. The predicted octanol–water partition coefficient (Wildman–Crippen LogP) is 2.67. The molecule has 0 radical (unpaired) electrons. The first kappa shape index (κ1) is 18.4. The average molecular weight is 433 g/mol. The lowest BCUT2D eigenvalue weighted by atomic mass is 9.87. The van der Waals surface area contributed by atoms with Gasteiger partial charge < -0.3 is 15.0 Å². The highest BCUT2D eigenvalue weighted by Gasteiger charge is 2.42. The summed E-state index contributed by atoms with van der Waals surface area (Å²) in [5.74, 6) is 0.780. The number of nitrogens with one attached hydrogen (secondary N) is 1. The van der Waals surface area contributed by atoms with Crippen molar-refractivity contribution in [1.82, 2.24) is 10.2 Å². The molecule has 1 unspecified atom stereocenters. The van der Waals surface area contributed by atoms with Crippen molar-refractivity contribution in [2.24, 2.45) is 10.4 Å². The van der Waals surface area contributed by atoms with Crippen molar-refractivity contribution in [3.05, 3.63) is 35.6 Å². The number of nitrogens with zero attached hydrogens (tertiary/aromatic N) is 2. The van der Waals surface area contributed by atoms with Gasteiger partial charge in [0, 0.05) is 38.7 Å². The van der Waals surface area contributed by atoms with Gasteiger partial charge in [-0.05, 0) is 30.9 Å². The van der Waals surface area contributed by atoms with Crippen molar-refractivity contribution >= 4 is 29.9 Å². The molecule has 128 valence electrons. The molecule has 2 fully saturated rings. The SMILES string of the molecule is CN=C(NCCc1ccccc1F)N1CCC2(CCOC2)C1.I. The zero-order chi connectivity index (χ0) is 15.4. The monoisotopic (exact) mass is 433 g/mol. The van der Waals surface area contributed by atoms with Gasteiger partial charge in [0.2, 0.25) is 0 Å². The molecule has 0 saturated carbocycles. The summed E-state index contributed by atoms with van der Waals surface area (Å²) in [7, 11) is 1.81. The number of rotatable bonds is 3. The molecule has 1 aromatic rings. The fraction of sp³-hybridized carbons (Fsp3) is 0.588. The van der Waals surface area contributed by atoms with E-state index in [0.717, 1.165) is 44.2 Å². The Hall–Kier alpha value is -0.890. The van der Waals surface area contributed by atoms with Crippen LogP contribution in [0.5, 0.6) is 0 Å². The second-order valence-electron chi connectivity index (χ2n) is 6.29. The van der Waals surface area contributed by atoms with Crippen LogP contribution in [0.1, 0.15) is 18.4 Å². The summed E-state index contributed by atoms with van der Waals surface area (Å²) in [5.41, 5.74) is 1.07. The smallest absolute Gasteiger partial charge is 0.193 e. The number of ether oxygens (including phenoxy) is 1. The third kappa shape index (κ3) is 4.35. The molecule has 1 N–H and O–H groups in total. The van der Waals surface area contributed by atoms with E-state index >= 15 is 0 Å². The maximum Gasteiger partial charge on any atom is 0.193 e. The molecule has 0 bridgehead atoms. The normalized spacial score (nSPS) is 24.1. The summed E-state index contributed by atoms with van der Waals surface area (Å²) in [4.78, 5) is 6.68. The average Bonchev–Trinajstić information content (AvgIpc) is 3.16. The van der Waals surface area contributed by atoms with Crippen LogP contribution in [0.2, 0.25) is 0 Å². The van der Waals surface area contributed by atoms with Gasteiger partial charge in [-0.25, -0.2) is 4.39 Å². The summed E-state index contributed by atoms with van der Waals surface area (Å²) in [6.45, 7) is 4.46. The molecule has 1 atom stereocenters. The number of aliphatic imine (C=N–C) groups is 1. The second kappa shape index (κ2) is 8.28. The first-order chi connectivity index (χ1) is 10.7.